The lowest BCUT2D eigenvalue weighted by atomic mass is 9.98. The van der Waals surface area contributed by atoms with Crippen LogP contribution in [-0.2, 0) is 20.8 Å². The van der Waals surface area contributed by atoms with Crippen LogP contribution in [0.25, 0.3) is 10.8 Å². The first-order valence-electron chi connectivity index (χ1n) is 11.6. The Labute approximate surface area is 194 Å². The van der Waals surface area contributed by atoms with Crippen LogP contribution < -0.4 is 0 Å². The normalized spacial score (nSPS) is 18.8. The van der Waals surface area contributed by atoms with Gasteiger partial charge in [-0.2, -0.15) is 0 Å². The van der Waals surface area contributed by atoms with Crippen molar-refractivity contribution in [3.8, 4) is 0 Å². The molecule has 0 spiro atoms. The van der Waals surface area contributed by atoms with Gasteiger partial charge in [0.15, 0.2) is 0 Å². The molecule has 1 unspecified atom stereocenters. The van der Waals surface area contributed by atoms with Crippen molar-refractivity contribution in [2.45, 2.75) is 44.6 Å². The topological polar surface area (TPSA) is 98.2 Å². The van der Waals surface area contributed by atoms with E-state index in [-0.39, 0.29) is 0 Å². The maximum absolute atomic E-state index is 13.1. The Bertz CT molecular complexity index is 976. The average Bonchev–Trinajstić information content (AvgIpc) is 3.32. The lowest BCUT2D eigenvalue weighted by Gasteiger charge is -2.38. The van der Waals surface area contributed by atoms with Crippen LogP contribution in [0.3, 0.4) is 0 Å². The van der Waals surface area contributed by atoms with Gasteiger partial charge in [0.2, 0.25) is 5.91 Å². The van der Waals surface area contributed by atoms with E-state index < -0.39 is 11.9 Å². The molecule has 2 aliphatic rings. The summed E-state index contributed by atoms with van der Waals surface area (Å²) in [6, 6.07) is 15.1. The number of benzene rings is 2. The van der Waals surface area contributed by atoms with Crippen molar-refractivity contribution in [3.63, 3.8) is 0 Å². The molecule has 2 heterocycles. The third-order valence-corrected chi connectivity index (χ3v) is 6.21. The summed E-state index contributed by atoms with van der Waals surface area (Å²) in [4.78, 5) is 36.9. The van der Waals surface area contributed by atoms with Gasteiger partial charge in [-0.3, -0.25) is 4.79 Å². The molecule has 7 nitrogen and oxygen atoms in total. The Hall–Kier alpha value is -3.19. The highest BCUT2D eigenvalue weighted by Crippen LogP contribution is 2.23. The van der Waals surface area contributed by atoms with Gasteiger partial charge in [-0.05, 0) is 61.5 Å². The zero-order valence-electron chi connectivity index (χ0n) is 18.9. The van der Waals surface area contributed by atoms with Crippen LogP contribution in [0.15, 0.2) is 54.6 Å². The number of carbonyl (C=O) groups excluding carboxylic acids is 1. The predicted octanol–water partition coefficient (Wildman–Crippen LogP) is 3.57. The highest BCUT2D eigenvalue weighted by atomic mass is 16.4. The summed E-state index contributed by atoms with van der Waals surface area (Å²) in [5, 5.41) is 18.1. The molecule has 2 fully saturated rings. The average molecular weight is 453 g/mol. The molecule has 0 bridgehead atoms. The molecule has 0 radical (unpaired) electrons. The maximum atomic E-state index is 13.1. The number of piperidine rings is 1. The third kappa shape index (κ3) is 7.43. The Morgan fingerprint density at radius 1 is 0.848 bits per heavy atom. The number of hydrogen-bond donors (Lipinski definition) is 2. The Morgan fingerprint density at radius 3 is 2.18 bits per heavy atom. The van der Waals surface area contributed by atoms with E-state index in [1.54, 1.807) is 0 Å². The lowest BCUT2D eigenvalue weighted by molar-refractivity contribution is -0.134. The number of carboxylic acid groups (broad SMARTS) is 2. The molecule has 1 amide bonds. The summed E-state index contributed by atoms with van der Waals surface area (Å²) < 4.78 is 0. The quantitative estimate of drug-likeness (QED) is 0.651. The fourth-order valence-corrected chi connectivity index (χ4v) is 4.64. The molecule has 2 N–H and O–H groups in total. The molecule has 2 saturated heterocycles. The Balaban J connectivity index is 0.000000331. The monoisotopic (exact) mass is 452 g/mol. The maximum Gasteiger partial charge on any atom is 0.328 e. The van der Waals surface area contributed by atoms with E-state index in [1.807, 2.05) is 0 Å². The summed E-state index contributed by atoms with van der Waals surface area (Å²) in [5.41, 5.74) is 1.16. The van der Waals surface area contributed by atoms with Gasteiger partial charge < -0.3 is 20.0 Å². The number of aliphatic carboxylic acids is 2. The molecule has 7 heteroatoms. The molecular formula is C26H32N2O5. The van der Waals surface area contributed by atoms with Crippen LogP contribution in [0.4, 0.5) is 0 Å². The van der Waals surface area contributed by atoms with Crippen molar-refractivity contribution in [2.75, 3.05) is 26.2 Å². The van der Waals surface area contributed by atoms with E-state index in [1.165, 1.54) is 43.1 Å². The van der Waals surface area contributed by atoms with Crippen LogP contribution in [0, 0.1) is 0 Å². The highest BCUT2D eigenvalue weighted by molar-refractivity contribution is 5.90. The Kier molecular flexibility index (Phi) is 9.01. The minimum Gasteiger partial charge on any atom is -0.478 e. The molecule has 0 saturated carbocycles. The molecule has 2 aliphatic heterocycles. The molecule has 176 valence electrons. The van der Waals surface area contributed by atoms with Gasteiger partial charge in [-0.15, -0.1) is 0 Å². The molecule has 2 aromatic carbocycles. The van der Waals surface area contributed by atoms with Crippen molar-refractivity contribution in [1.29, 1.82) is 0 Å². The molecule has 1 atom stereocenters. The van der Waals surface area contributed by atoms with E-state index in [2.05, 4.69) is 52.3 Å². The number of hydrogen-bond acceptors (Lipinski definition) is 4. The second kappa shape index (κ2) is 12.2. The van der Waals surface area contributed by atoms with Crippen molar-refractivity contribution in [1.82, 2.24) is 9.80 Å². The van der Waals surface area contributed by atoms with Crippen LogP contribution in [0.1, 0.15) is 37.7 Å². The SMILES string of the molecule is O=C(Cc1cccc2ccccc12)N1CCCCC1CN1CCCC1.O=C(O)C=CC(=O)O. The fourth-order valence-electron chi connectivity index (χ4n) is 4.64. The molecule has 33 heavy (non-hydrogen) atoms. The van der Waals surface area contributed by atoms with Crippen molar-refractivity contribution < 1.29 is 24.6 Å². The van der Waals surface area contributed by atoms with Gasteiger partial charge in [-0.25, -0.2) is 9.59 Å². The number of fused-ring (bicyclic) bond motifs is 1. The number of carbonyl (C=O) groups is 3. The summed E-state index contributed by atoms with van der Waals surface area (Å²) in [5.74, 6) is -2.21. The van der Waals surface area contributed by atoms with Gasteiger partial charge >= 0.3 is 11.9 Å². The molecule has 0 aliphatic carbocycles. The number of carboxylic acids is 2. The van der Waals surface area contributed by atoms with Crippen LogP contribution >= 0.6 is 0 Å². The second-order valence-corrected chi connectivity index (χ2v) is 8.57. The van der Waals surface area contributed by atoms with Crippen LogP contribution in [-0.4, -0.2) is 70.1 Å². The number of likely N-dealkylation sites (tertiary alicyclic amines) is 2. The van der Waals surface area contributed by atoms with Crippen LogP contribution in [0.2, 0.25) is 0 Å². The first kappa shape index (κ1) is 24.5. The predicted molar refractivity (Wildman–Crippen MR) is 127 cm³/mol. The summed E-state index contributed by atoms with van der Waals surface area (Å²) in [6.07, 6.45) is 7.85. The zero-order chi connectivity index (χ0) is 23.6. The first-order valence-corrected chi connectivity index (χ1v) is 11.6. The molecular weight excluding hydrogens is 420 g/mol. The fraction of sp³-hybridized carbons (Fsp3) is 0.423. The van der Waals surface area contributed by atoms with Gasteiger partial charge in [0.25, 0.3) is 0 Å². The van der Waals surface area contributed by atoms with E-state index in [4.69, 9.17) is 10.2 Å². The largest absolute Gasteiger partial charge is 0.478 e. The van der Waals surface area contributed by atoms with Gasteiger partial charge in [0, 0.05) is 31.3 Å². The third-order valence-electron chi connectivity index (χ3n) is 6.21. The highest BCUT2D eigenvalue weighted by Gasteiger charge is 2.29. The van der Waals surface area contributed by atoms with Gasteiger partial charge in [0.05, 0.1) is 6.42 Å². The van der Waals surface area contributed by atoms with Crippen molar-refractivity contribution in [3.05, 3.63) is 60.2 Å². The lowest BCUT2D eigenvalue weighted by Crippen LogP contribution is -2.49. The number of nitrogens with zero attached hydrogens (tertiary/aromatic N) is 2. The first-order chi connectivity index (χ1) is 15.9. The summed E-state index contributed by atoms with van der Waals surface area (Å²) in [7, 11) is 0. The smallest absolute Gasteiger partial charge is 0.328 e. The van der Waals surface area contributed by atoms with Gasteiger partial charge in [-0.1, -0.05) is 42.5 Å². The van der Waals surface area contributed by atoms with E-state index in [0.29, 0.717) is 30.5 Å². The summed E-state index contributed by atoms with van der Waals surface area (Å²) in [6.45, 7) is 4.42. The summed E-state index contributed by atoms with van der Waals surface area (Å²) >= 11 is 0. The van der Waals surface area contributed by atoms with Crippen molar-refractivity contribution in [2.24, 2.45) is 0 Å². The van der Waals surface area contributed by atoms with E-state index in [0.717, 1.165) is 31.5 Å². The molecule has 0 aromatic heterocycles. The van der Waals surface area contributed by atoms with Gasteiger partial charge in [0.1, 0.15) is 0 Å². The molecule has 2 aromatic rings. The zero-order valence-corrected chi connectivity index (χ0v) is 18.9. The second-order valence-electron chi connectivity index (χ2n) is 8.57. The standard InChI is InChI=1S/C22H28N2O.C4H4O4/c25-22(16-19-10-7-9-18-8-1-2-12-21(18)19)24-15-4-3-11-20(24)17-23-13-5-6-14-23;5-3(6)1-2-4(7)8/h1-2,7-10,12,20H,3-6,11,13-17H2;1-2H,(H,5,6)(H,7,8). The van der Waals surface area contributed by atoms with Crippen LogP contribution in [0.5, 0.6) is 0 Å². The molecule has 4 rings (SSSR count). The Morgan fingerprint density at radius 2 is 1.48 bits per heavy atom. The van der Waals surface area contributed by atoms with Crippen molar-refractivity contribution >= 4 is 28.6 Å². The van der Waals surface area contributed by atoms with E-state index >= 15 is 0 Å². The number of amides is 1. The number of rotatable bonds is 6. The minimum absolute atomic E-state index is 0.306. The van der Waals surface area contributed by atoms with E-state index in [9.17, 15) is 14.4 Å². The minimum atomic E-state index is -1.26.